The minimum absolute atomic E-state index is 0.114. The highest BCUT2D eigenvalue weighted by atomic mass is 16.6. The Balaban J connectivity index is 2.09. The number of aromatic hydroxyl groups is 1. The number of phenolic OH excluding ortho intramolecular Hbond substituents is 1. The zero-order valence-corrected chi connectivity index (χ0v) is 16.8. The number of amides is 2. The van der Waals surface area contributed by atoms with Crippen molar-refractivity contribution in [3.05, 3.63) is 29.8 Å². The molecule has 1 heterocycles. The molecule has 1 saturated heterocycles. The predicted molar refractivity (Wildman–Crippen MR) is 104 cm³/mol. The highest BCUT2D eigenvalue weighted by molar-refractivity contribution is 5.87. The lowest BCUT2D eigenvalue weighted by atomic mass is 9.97. The average molecular weight is 376 g/mol. The van der Waals surface area contributed by atoms with E-state index in [2.05, 4.69) is 19.2 Å². The van der Waals surface area contributed by atoms with Crippen molar-refractivity contribution in [2.24, 2.45) is 5.92 Å². The summed E-state index contributed by atoms with van der Waals surface area (Å²) in [7, 11) is 0. The summed E-state index contributed by atoms with van der Waals surface area (Å²) < 4.78 is 5.61. The first kappa shape index (κ1) is 21.1. The smallest absolute Gasteiger partial charge is 0.408 e. The van der Waals surface area contributed by atoms with E-state index in [4.69, 9.17) is 4.74 Å². The Hall–Kier alpha value is -2.24. The van der Waals surface area contributed by atoms with Crippen LogP contribution >= 0.6 is 0 Å². The van der Waals surface area contributed by atoms with Gasteiger partial charge in [0.25, 0.3) is 0 Å². The summed E-state index contributed by atoms with van der Waals surface area (Å²) in [5.74, 6) is 0.496. The lowest BCUT2D eigenvalue weighted by molar-refractivity contribution is -0.132. The number of benzene rings is 1. The minimum Gasteiger partial charge on any atom is -0.508 e. The van der Waals surface area contributed by atoms with Crippen LogP contribution in [0, 0.1) is 5.92 Å². The molecule has 0 spiro atoms. The number of phenols is 1. The Morgan fingerprint density at radius 1 is 1.19 bits per heavy atom. The van der Waals surface area contributed by atoms with Crippen molar-refractivity contribution in [2.45, 2.75) is 65.0 Å². The van der Waals surface area contributed by atoms with Crippen LogP contribution in [0.4, 0.5) is 4.79 Å². The van der Waals surface area contributed by atoms with Gasteiger partial charge in [-0.25, -0.2) is 4.79 Å². The van der Waals surface area contributed by atoms with Crippen LogP contribution in [-0.2, 0) is 9.53 Å². The van der Waals surface area contributed by atoms with E-state index in [9.17, 15) is 14.7 Å². The van der Waals surface area contributed by atoms with Gasteiger partial charge in [0.05, 0.1) is 0 Å². The third-order valence-electron chi connectivity index (χ3n) is 4.85. The third kappa shape index (κ3) is 6.45. The fourth-order valence-corrected chi connectivity index (χ4v) is 3.16. The summed E-state index contributed by atoms with van der Waals surface area (Å²) in [6.07, 6.45) is 3.05. The lowest BCUT2D eigenvalue weighted by Gasteiger charge is -2.29. The number of alkyl carbamates (subject to hydrolysis) is 1. The molecule has 0 saturated carbocycles. The van der Waals surface area contributed by atoms with Crippen LogP contribution in [0.2, 0.25) is 0 Å². The normalized spacial score (nSPS) is 15.7. The molecule has 1 aromatic rings. The van der Waals surface area contributed by atoms with Gasteiger partial charge in [0.2, 0.25) is 5.91 Å². The molecule has 1 aromatic carbocycles. The van der Waals surface area contributed by atoms with Crippen molar-refractivity contribution in [1.29, 1.82) is 0 Å². The van der Waals surface area contributed by atoms with E-state index >= 15 is 0 Å². The highest BCUT2D eigenvalue weighted by Crippen LogP contribution is 2.24. The van der Waals surface area contributed by atoms with Crippen LogP contribution in [0.25, 0.3) is 0 Å². The second kappa shape index (κ2) is 9.11. The number of rotatable bonds is 7. The fraction of sp³-hybridized carbons (Fsp3) is 0.619. The maximum Gasteiger partial charge on any atom is 0.408 e. The molecule has 2 N–H and O–H groups in total. The molecule has 6 nitrogen and oxygen atoms in total. The maximum atomic E-state index is 12.9. The molecule has 1 aliphatic rings. The first-order valence-electron chi connectivity index (χ1n) is 9.75. The van der Waals surface area contributed by atoms with Crippen LogP contribution < -0.4 is 5.32 Å². The summed E-state index contributed by atoms with van der Waals surface area (Å²) in [5, 5.41) is 12.3. The topological polar surface area (TPSA) is 78.9 Å². The largest absolute Gasteiger partial charge is 0.508 e. The molecule has 1 atom stereocenters. The van der Waals surface area contributed by atoms with Crippen molar-refractivity contribution in [2.75, 3.05) is 13.1 Å². The second-order valence-electron chi connectivity index (χ2n) is 8.28. The van der Waals surface area contributed by atoms with Crippen LogP contribution in [0.15, 0.2) is 24.3 Å². The zero-order chi connectivity index (χ0) is 20.0. The summed E-state index contributed by atoms with van der Waals surface area (Å²) in [5.41, 5.74) is 0.0199. The first-order valence-corrected chi connectivity index (χ1v) is 9.75. The second-order valence-corrected chi connectivity index (χ2v) is 8.28. The Kier molecular flexibility index (Phi) is 7.11. The monoisotopic (exact) mass is 376 g/mol. The predicted octanol–water partition coefficient (Wildman–Crippen LogP) is 4.00. The van der Waals surface area contributed by atoms with E-state index in [1.807, 2.05) is 13.8 Å². The van der Waals surface area contributed by atoms with Crippen LogP contribution in [0.3, 0.4) is 0 Å². The van der Waals surface area contributed by atoms with Gasteiger partial charge in [-0.05, 0) is 63.1 Å². The SMILES string of the molecule is CC(C)CCC(C)(C)OC(=O)NC(C(=O)N1CCCC1)c1ccc(O)cc1. The van der Waals surface area contributed by atoms with Crippen molar-refractivity contribution in [1.82, 2.24) is 10.2 Å². The quantitative estimate of drug-likeness (QED) is 0.754. The number of hydrogen-bond acceptors (Lipinski definition) is 4. The number of nitrogens with one attached hydrogen (secondary N) is 1. The van der Waals surface area contributed by atoms with Gasteiger partial charge in [-0.3, -0.25) is 4.79 Å². The number of carbonyl (C=O) groups is 2. The number of hydrogen-bond donors (Lipinski definition) is 2. The molecule has 0 bridgehead atoms. The molecule has 0 aliphatic carbocycles. The molecular formula is C21H32N2O4. The number of likely N-dealkylation sites (tertiary alicyclic amines) is 1. The van der Waals surface area contributed by atoms with E-state index in [-0.39, 0.29) is 11.7 Å². The van der Waals surface area contributed by atoms with E-state index in [0.717, 1.165) is 25.7 Å². The van der Waals surface area contributed by atoms with Crippen molar-refractivity contribution >= 4 is 12.0 Å². The molecule has 0 aromatic heterocycles. The third-order valence-corrected chi connectivity index (χ3v) is 4.85. The number of ether oxygens (including phenoxy) is 1. The van der Waals surface area contributed by atoms with Crippen molar-refractivity contribution in [3.8, 4) is 5.75 Å². The van der Waals surface area contributed by atoms with Crippen LogP contribution in [0.5, 0.6) is 5.75 Å². The standard InChI is InChI=1S/C21H32N2O4/c1-15(2)11-12-21(3,4)27-20(26)22-18(16-7-9-17(24)10-8-16)19(25)23-13-5-6-14-23/h7-10,15,18,24H,5-6,11-14H2,1-4H3,(H,22,26). The zero-order valence-electron chi connectivity index (χ0n) is 16.8. The molecule has 1 aliphatic heterocycles. The summed E-state index contributed by atoms with van der Waals surface area (Å²) in [6.45, 7) is 9.42. The molecule has 150 valence electrons. The molecule has 27 heavy (non-hydrogen) atoms. The summed E-state index contributed by atoms with van der Waals surface area (Å²) >= 11 is 0. The Morgan fingerprint density at radius 3 is 2.33 bits per heavy atom. The molecule has 2 rings (SSSR count). The van der Waals surface area contributed by atoms with Gasteiger partial charge in [-0.15, -0.1) is 0 Å². The fourth-order valence-electron chi connectivity index (χ4n) is 3.16. The summed E-state index contributed by atoms with van der Waals surface area (Å²) in [4.78, 5) is 27.2. The van der Waals surface area contributed by atoms with E-state index in [1.54, 1.807) is 17.0 Å². The Labute approximate surface area is 161 Å². The lowest BCUT2D eigenvalue weighted by Crippen LogP contribution is -2.44. The van der Waals surface area contributed by atoms with E-state index in [0.29, 0.717) is 24.6 Å². The van der Waals surface area contributed by atoms with Gasteiger partial charge in [0, 0.05) is 13.1 Å². The summed E-state index contributed by atoms with van der Waals surface area (Å²) in [6, 6.07) is 5.51. The Morgan fingerprint density at radius 2 is 1.78 bits per heavy atom. The molecular weight excluding hydrogens is 344 g/mol. The number of nitrogens with zero attached hydrogens (tertiary/aromatic N) is 1. The average Bonchev–Trinajstić information content (AvgIpc) is 3.12. The van der Waals surface area contributed by atoms with Gasteiger partial charge in [-0.1, -0.05) is 26.0 Å². The van der Waals surface area contributed by atoms with Gasteiger partial charge >= 0.3 is 6.09 Å². The molecule has 6 heteroatoms. The van der Waals surface area contributed by atoms with Crippen molar-refractivity contribution < 1.29 is 19.4 Å². The van der Waals surface area contributed by atoms with Crippen LogP contribution in [0.1, 0.15) is 65.0 Å². The Bertz CT molecular complexity index is 634. The van der Waals surface area contributed by atoms with Crippen molar-refractivity contribution in [3.63, 3.8) is 0 Å². The highest BCUT2D eigenvalue weighted by Gasteiger charge is 2.31. The molecule has 1 unspecified atom stereocenters. The van der Waals surface area contributed by atoms with Crippen LogP contribution in [-0.4, -0.2) is 40.7 Å². The van der Waals surface area contributed by atoms with Gasteiger partial charge < -0.3 is 20.1 Å². The minimum atomic E-state index is -0.822. The molecule has 2 amide bonds. The van der Waals surface area contributed by atoms with Gasteiger partial charge in [0.1, 0.15) is 17.4 Å². The van der Waals surface area contributed by atoms with Gasteiger partial charge in [-0.2, -0.15) is 0 Å². The first-order chi connectivity index (χ1) is 12.7. The van der Waals surface area contributed by atoms with Gasteiger partial charge in [0.15, 0.2) is 0 Å². The van der Waals surface area contributed by atoms with E-state index < -0.39 is 17.7 Å². The number of carbonyl (C=O) groups excluding carboxylic acids is 2. The maximum absolute atomic E-state index is 12.9. The van der Waals surface area contributed by atoms with E-state index in [1.165, 1.54) is 12.1 Å². The molecule has 1 fully saturated rings. The molecule has 0 radical (unpaired) electrons.